The molecule has 2 fully saturated rings. The van der Waals surface area contributed by atoms with E-state index in [-0.39, 0.29) is 23.8 Å². The predicted octanol–water partition coefficient (Wildman–Crippen LogP) is 0.714. The smallest absolute Gasteiger partial charge is 0.330 e. The van der Waals surface area contributed by atoms with Crippen LogP contribution in [-0.4, -0.2) is 64.2 Å². The third-order valence-corrected chi connectivity index (χ3v) is 6.57. The molecular weight excluding hydrogens is 372 g/mol. The number of piperidine rings is 1. The van der Waals surface area contributed by atoms with Gasteiger partial charge in [0.15, 0.2) is 0 Å². The van der Waals surface area contributed by atoms with Gasteiger partial charge in [0.1, 0.15) is 6.61 Å². The maximum absolute atomic E-state index is 12.6. The largest absolute Gasteiger partial charge is 0.375 e. The van der Waals surface area contributed by atoms with E-state index in [9.17, 15) is 14.4 Å². The minimum absolute atomic E-state index is 0.108. The van der Waals surface area contributed by atoms with E-state index in [1.54, 1.807) is 24.8 Å². The molecule has 8 nitrogen and oxygen atoms in total. The highest BCUT2D eigenvalue weighted by Crippen LogP contribution is 2.30. The van der Waals surface area contributed by atoms with E-state index in [0.29, 0.717) is 18.5 Å². The Balaban J connectivity index is 1.64. The molecule has 0 N–H and O–H groups in total. The van der Waals surface area contributed by atoms with Gasteiger partial charge in [-0.25, -0.2) is 4.79 Å². The van der Waals surface area contributed by atoms with E-state index in [2.05, 4.69) is 9.80 Å². The van der Waals surface area contributed by atoms with Crippen LogP contribution < -0.4 is 11.2 Å². The quantitative estimate of drug-likeness (QED) is 0.720. The average molecular weight is 407 g/mol. The van der Waals surface area contributed by atoms with Crippen molar-refractivity contribution in [1.82, 2.24) is 18.9 Å². The molecular formula is C21H34N4O4. The van der Waals surface area contributed by atoms with Crippen LogP contribution in [0.3, 0.4) is 0 Å². The molecule has 3 rings (SSSR count). The van der Waals surface area contributed by atoms with Gasteiger partial charge < -0.3 is 9.64 Å². The number of amides is 1. The summed E-state index contributed by atoms with van der Waals surface area (Å²) >= 11 is 0. The summed E-state index contributed by atoms with van der Waals surface area (Å²) < 4.78 is 7.79. The molecule has 0 aromatic carbocycles. The molecule has 0 saturated carbocycles. The fourth-order valence-electron chi connectivity index (χ4n) is 4.80. The Morgan fingerprint density at radius 1 is 1.03 bits per heavy atom. The molecule has 3 heterocycles. The Morgan fingerprint density at radius 3 is 2.45 bits per heavy atom. The van der Waals surface area contributed by atoms with Crippen LogP contribution in [0.1, 0.15) is 44.2 Å². The number of carbonyl (C=O) groups excluding carboxylic acids is 1. The zero-order chi connectivity index (χ0) is 21.0. The van der Waals surface area contributed by atoms with Gasteiger partial charge in [-0.15, -0.1) is 0 Å². The van der Waals surface area contributed by atoms with E-state index >= 15 is 0 Å². The fourth-order valence-corrected chi connectivity index (χ4v) is 4.80. The minimum atomic E-state index is -0.284. The first kappa shape index (κ1) is 21.8. The Hall–Kier alpha value is -1.93. The van der Waals surface area contributed by atoms with E-state index in [1.807, 2.05) is 0 Å². The summed E-state index contributed by atoms with van der Waals surface area (Å²) in [4.78, 5) is 41.1. The normalized spacial score (nSPS) is 21.9. The van der Waals surface area contributed by atoms with E-state index < -0.39 is 0 Å². The molecule has 1 amide bonds. The van der Waals surface area contributed by atoms with Gasteiger partial charge in [-0.05, 0) is 44.7 Å². The lowest BCUT2D eigenvalue weighted by atomic mass is 9.86. The highest BCUT2D eigenvalue weighted by atomic mass is 16.5. The summed E-state index contributed by atoms with van der Waals surface area (Å²) in [5.41, 5.74) is 0.208. The van der Waals surface area contributed by atoms with Crippen LogP contribution in [0.2, 0.25) is 0 Å². The van der Waals surface area contributed by atoms with Crippen molar-refractivity contribution in [3.05, 3.63) is 32.6 Å². The molecule has 1 aromatic rings. The van der Waals surface area contributed by atoms with Crippen LogP contribution in [-0.2, 0) is 30.2 Å². The van der Waals surface area contributed by atoms with Gasteiger partial charge in [0.25, 0.3) is 5.56 Å². The molecule has 29 heavy (non-hydrogen) atoms. The first-order valence-corrected chi connectivity index (χ1v) is 10.7. The number of aromatic nitrogens is 2. The van der Waals surface area contributed by atoms with Gasteiger partial charge in [0, 0.05) is 52.1 Å². The first-order valence-electron chi connectivity index (χ1n) is 10.7. The van der Waals surface area contributed by atoms with E-state index in [1.165, 1.54) is 19.9 Å². The Bertz CT molecular complexity index is 823. The van der Waals surface area contributed by atoms with Crippen molar-refractivity contribution in [2.75, 3.05) is 33.4 Å². The minimum Gasteiger partial charge on any atom is -0.375 e. The summed E-state index contributed by atoms with van der Waals surface area (Å²) in [6, 6.07) is 1.86. The van der Waals surface area contributed by atoms with Gasteiger partial charge >= 0.3 is 5.69 Å². The Morgan fingerprint density at radius 2 is 1.76 bits per heavy atom. The lowest BCUT2D eigenvalue weighted by molar-refractivity contribution is -0.139. The average Bonchev–Trinajstić information content (AvgIpc) is 2.97. The number of carbonyl (C=O) groups is 1. The maximum Gasteiger partial charge on any atom is 0.330 e. The Kier molecular flexibility index (Phi) is 7.29. The lowest BCUT2D eigenvalue weighted by Gasteiger charge is -2.40. The molecule has 1 aromatic heterocycles. The van der Waals surface area contributed by atoms with Crippen molar-refractivity contribution in [3.63, 3.8) is 0 Å². The number of hydrogen-bond acceptors (Lipinski definition) is 5. The van der Waals surface area contributed by atoms with Gasteiger partial charge in [0.05, 0.1) is 0 Å². The summed E-state index contributed by atoms with van der Waals surface area (Å²) in [6.07, 6.45) is 6.56. The van der Waals surface area contributed by atoms with Gasteiger partial charge in [-0.1, -0.05) is 12.8 Å². The second kappa shape index (κ2) is 9.71. The van der Waals surface area contributed by atoms with Crippen molar-refractivity contribution < 1.29 is 9.53 Å². The molecule has 8 heteroatoms. The fraction of sp³-hybridized carbons (Fsp3) is 0.762. The SMILES string of the molecule is COCC(=O)N1CCCCCC1C1CCN(Cc2cc(=O)n(C)c(=O)n2C)CC1. The summed E-state index contributed by atoms with van der Waals surface area (Å²) in [5, 5.41) is 0. The molecule has 0 aliphatic carbocycles. The number of likely N-dealkylation sites (tertiary alicyclic amines) is 2. The molecule has 0 spiro atoms. The Labute approximate surface area is 172 Å². The maximum atomic E-state index is 12.6. The standard InChI is InChI=1S/C21H34N4O4/c1-22-17(13-19(26)23(2)21(22)28)14-24-11-8-16(9-12-24)18-7-5-4-6-10-25(18)20(27)15-29-3/h13,16,18H,4-12,14-15H2,1-3H3. The molecule has 2 saturated heterocycles. The van der Waals surface area contributed by atoms with Gasteiger partial charge in [-0.3, -0.25) is 23.6 Å². The van der Waals surface area contributed by atoms with E-state index in [0.717, 1.165) is 55.6 Å². The second-order valence-corrected chi connectivity index (χ2v) is 8.42. The molecule has 1 atom stereocenters. The molecule has 1 unspecified atom stereocenters. The van der Waals surface area contributed by atoms with Gasteiger partial charge in [-0.2, -0.15) is 0 Å². The second-order valence-electron chi connectivity index (χ2n) is 8.42. The lowest BCUT2D eigenvalue weighted by Crippen LogP contribution is -2.49. The van der Waals surface area contributed by atoms with Crippen molar-refractivity contribution in [3.8, 4) is 0 Å². The number of nitrogens with zero attached hydrogens (tertiary/aromatic N) is 4. The first-order chi connectivity index (χ1) is 13.9. The van der Waals surface area contributed by atoms with Crippen LogP contribution in [0.15, 0.2) is 15.7 Å². The molecule has 0 radical (unpaired) electrons. The van der Waals surface area contributed by atoms with Crippen LogP contribution in [0.5, 0.6) is 0 Å². The number of methoxy groups -OCH3 is 1. The van der Waals surface area contributed by atoms with E-state index in [4.69, 9.17) is 4.74 Å². The third-order valence-electron chi connectivity index (χ3n) is 6.57. The van der Waals surface area contributed by atoms with Gasteiger partial charge in [0.2, 0.25) is 5.91 Å². The third kappa shape index (κ3) is 4.98. The molecule has 2 aliphatic heterocycles. The number of rotatable bonds is 5. The monoisotopic (exact) mass is 406 g/mol. The number of hydrogen-bond donors (Lipinski definition) is 0. The van der Waals surface area contributed by atoms with Crippen molar-refractivity contribution >= 4 is 5.91 Å². The van der Waals surface area contributed by atoms with Crippen molar-refractivity contribution in [1.29, 1.82) is 0 Å². The number of ether oxygens (including phenoxy) is 1. The predicted molar refractivity (Wildman–Crippen MR) is 111 cm³/mol. The molecule has 2 aliphatic rings. The van der Waals surface area contributed by atoms with Crippen LogP contribution in [0.4, 0.5) is 0 Å². The zero-order valence-corrected chi connectivity index (χ0v) is 17.9. The summed E-state index contributed by atoms with van der Waals surface area (Å²) in [7, 11) is 4.80. The molecule has 0 bridgehead atoms. The highest BCUT2D eigenvalue weighted by molar-refractivity contribution is 5.77. The van der Waals surface area contributed by atoms with Crippen LogP contribution >= 0.6 is 0 Å². The summed E-state index contributed by atoms with van der Waals surface area (Å²) in [5.74, 6) is 0.606. The summed E-state index contributed by atoms with van der Waals surface area (Å²) in [6.45, 7) is 3.42. The van der Waals surface area contributed by atoms with Crippen molar-refractivity contribution in [2.45, 2.75) is 51.1 Å². The van der Waals surface area contributed by atoms with Crippen LogP contribution in [0.25, 0.3) is 0 Å². The van der Waals surface area contributed by atoms with Crippen LogP contribution in [0, 0.1) is 5.92 Å². The molecule has 162 valence electrons. The zero-order valence-electron chi connectivity index (χ0n) is 17.9. The highest BCUT2D eigenvalue weighted by Gasteiger charge is 2.33. The van der Waals surface area contributed by atoms with Crippen molar-refractivity contribution in [2.24, 2.45) is 20.0 Å². The topological polar surface area (TPSA) is 76.8 Å².